The molecule has 1 spiro atoms. The van der Waals surface area contributed by atoms with Crippen molar-refractivity contribution in [2.45, 2.75) is 50.9 Å². The molecule has 9 nitrogen and oxygen atoms in total. The number of carbonyl (C=O) groups excluding carboxylic acids is 1. The van der Waals surface area contributed by atoms with E-state index in [9.17, 15) is 14.9 Å². The van der Waals surface area contributed by atoms with Crippen LogP contribution in [0.4, 0.5) is 17.1 Å². The number of rotatable bonds is 6. The Balaban J connectivity index is 1.43. The SMILES string of the molecule is COc1ccc([N+](=O)[O-])cc1NC(=O)[C@H](C)Nc1ccc2c(c1)OC1(CCCCC1)O2. The van der Waals surface area contributed by atoms with Gasteiger partial charge < -0.3 is 24.8 Å². The number of hydrogen-bond donors (Lipinski definition) is 2. The molecule has 0 saturated heterocycles. The number of nitro benzene ring substituents is 1. The Kier molecular flexibility index (Phi) is 5.58. The quantitative estimate of drug-likeness (QED) is 0.516. The molecule has 1 amide bonds. The second kappa shape index (κ2) is 8.33. The van der Waals surface area contributed by atoms with E-state index in [1.165, 1.54) is 31.7 Å². The summed E-state index contributed by atoms with van der Waals surface area (Å²) in [5.74, 6) is 0.804. The normalized spacial score (nSPS) is 17.1. The molecule has 1 aliphatic carbocycles. The molecule has 0 bridgehead atoms. The van der Waals surface area contributed by atoms with Crippen LogP contribution < -0.4 is 24.8 Å². The van der Waals surface area contributed by atoms with Crippen molar-refractivity contribution in [3.05, 3.63) is 46.5 Å². The highest BCUT2D eigenvalue weighted by Crippen LogP contribution is 2.46. The molecule has 2 aromatic rings. The first-order valence-electron chi connectivity index (χ1n) is 10.3. The van der Waals surface area contributed by atoms with Gasteiger partial charge in [-0.05, 0) is 38.0 Å². The predicted octanol–water partition coefficient (Wildman–Crippen LogP) is 4.47. The average molecular weight is 427 g/mol. The molecule has 4 rings (SSSR count). The fourth-order valence-corrected chi connectivity index (χ4v) is 3.94. The van der Waals surface area contributed by atoms with Crippen LogP contribution >= 0.6 is 0 Å². The van der Waals surface area contributed by atoms with Crippen molar-refractivity contribution >= 4 is 23.0 Å². The zero-order chi connectivity index (χ0) is 22.0. The molecule has 1 fully saturated rings. The van der Waals surface area contributed by atoms with Gasteiger partial charge in [-0.15, -0.1) is 0 Å². The van der Waals surface area contributed by atoms with Crippen LogP contribution in [0, 0.1) is 10.1 Å². The molecule has 31 heavy (non-hydrogen) atoms. The van der Waals surface area contributed by atoms with E-state index in [-0.39, 0.29) is 17.3 Å². The van der Waals surface area contributed by atoms with Crippen molar-refractivity contribution < 1.29 is 23.9 Å². The van der Waals surface area contributed by atoms with Gasteiger partial charge in [-0.25, -0.2) is 0 Å². The smallest absolute Gasteiger partial charge is 0.271 e. The van der Waals surface area contributed by atoms with Crippen molar-refractivity contribution in [1.82, 2.24) is 0 Å². The number of amides is 1. The lowest BCUT2D eigenvalue weighted by molar-refractivity contribution is -0.384. The Morgan fingerprint density at radius 1 is 1.13 bits per heavy atom. The van der Waals surface area contributed by atoms with E-state index in [2.05, 4.69) is 10.6 Å². The highest BCUT2D eigenvalue weighted by atomic mass is 16.7. The number of ether oxygens (including phenoxy) is 3. The van der Waals surface area contributed by atoms with Gasteiger partial charge in [0.1, 0.15) is 11.8 Å². The first-order chi connectivity index (χ1) is 14.9. The van der Waals surface area contributed by atoms with E-state index < -0.39 is 16.8 Å². The minimum absolute atomic E-state index is 0.135. The molecule has 2 aliphatic rings. The monoisotopic (exact) mass is 427 g/mol. The third kappa shape index (κ3) is 4.35. The number of anilines is 2. The van der Waals surface area contributed by atoms with E-state index in [1.807, 2.05) is 18.2 Å². The van der Waals surface area contributed by atoms with Crippen LogP contribution in [0.1, 0.15) is 39.0 Å². The minimum atomic E-state index is -0.618. The second-order valence-electron chi connectivity index (χ2n) is 7.83. The van der Waals surface area contributed by atoms with Crippen LogP contribution in [0.15, 0.2) is 36.4 Å². The molecule has 0 aromatic heterocycles. The first-order valence-corrected chi connectivity index (χ1v) is 10.3. The summed E-state index contributed by atoms with van der Waals surface area (Å²) in [6, 6.07) is 8.93. The summed E-state index contributed by atoms with van der Waals surface area (Å²) in [4.78, 5) is 23.2. The number of benzene rings is 2. The summed E-state index contributed by atoms with van der Waals surface area (Å²) < 4.78 is 17.4. The Morgan fingerprint density at radius 2 is 1.87 bits per heavy atom. The third-order valence-corrected chi connectivity index (χ3v) is 5.58. The fourth-order valence-electron chi connectivity index (χ4n) is 3.94. The van der Waals surface area contributed by atoms with Gasteiger partial charge in [0, 0.05) is 36.7 Å². The molecule has 1 saturated carbocycles. The molecule has 2 aromatic carbocycles. The van der Waals surface area contributed by atoms with Gasteiger partial charge in [0.2, 0.25) is 5.91 Å². The average Bonchev–Trinajstić information content (AvgIpc) is 3.10. The van der Waals surface area contributed by atoms with Crippen LogP contribution in [0.3, 0.4) is 0 Å². The summed E-state index contributed by atoms with van der Waals surface area (Å²) in [5, 5.41) is 16.9. The number of carbonyl (C=O) groups is 1. The van der Waals surface area contributed by atoms with Crippen molar-refractivity contribution in [3.63, 3.8) is 0 Å². The molecule has 1 atom stereocenters. The molecule has 9 heteroatoms. The Labute approximate surface area is 179 Å². The number of nitrogens with one attached hydrogen (secondary N) is 2. The van der Waals surface area contributed by atoms with Crippen LogP contribution in [0.5, 0.6) is 17.2 Å². The van der Waals surface area contributed by atoms with E-state index in [1.54, 1.807) is 6.92 Å². The highest BCUT2D eigenvalue weighted by molar-refractivity contribution is 5.97. The summed E-state index contributed by atoms with van der Waals surface area (Å²) in [5.41, 5.74) is 0.813. The standard InChI is InChI=1S/C22H25N3O6/c1-14(21(26)24-17-13-16(25(27)28)7-9-18(17)29-2)23-15-6-8-19-20(12-15)31-22(30-19)10-4-3-5-11-22/h6-9,12-14,23H,3-5,10-11H2,1-2H3,(H,24,26)/t14-/m0/s1. The third-order valence-electron chi connectivity index (χ3n) is 5.58. The maximum absolute atomic E-state index is 12.7. The zero-order valence-electron chi connectivity index (χ0n) is 17.5. The second-order valence-corrected chi connectivity index (χ2v) is 7.83. The van der Waals surface area contributed by atoms with Gasteiger partial charge in [-0.2, -0.15) is 0 Å². The largest absolute Gasteiger partial charge is 0.495 e. The lowest BCUT2D eigenvalue weighted by Crippen LogP contribution is -2.40. The van der Waals surface area contributed by atoms with Gasteiger partial charge in [0.05, 0.1) is 17.7 Å². The Bertz CT molecular complexity index is 1000. The number of non-ortho nitro benzene ring substituents is 1. The van der Waals surface area contributed by atoms with Gasteiger partial charge >= 0.3 is 0 Å². The van der Waals surface area contributed by atoms with Gasteiger partial charge in [0.25, 0.3) is 11.5 Å². The highest BCUT2D eigenvalue weighted by Gasteiger charge is 2.42. The molecule has 164 valence electrons. The lowest BCUT2D eigenvalue weighted by atomic mass is 9.94. The summed E-state index contributed by atoms with van der Waals surface area (Å²) >= 11 is 0. The van der Waals surface area contributed by atoms with Crippen molar-refractivity contribution in [2.75, 3.05) is 17.7 Å². The topological polar surface area (TPSA) is 112 Å². The Morgan fingerprint density at radius 3 is 2.58 bits per heavy atom. The maximum atomic E-state index is 12.7. The van der Waals surface area contributed by atoms with E-state index >= 15 is 0 Å². The maximum Gasteiger partial charge on any atom is 0.271 e. The number of fused-ring (bicyclic) bond motifs is 1. The van der Waals surface area contributed by atoms with Crippen LogP contribution in [-0.4, -0.2) is 29.8 Å². The van der Waals surface area contributed by atoms with Crippen LogP contribution in [0.2, 0.25) is 0 Å². The first kappa shape index (κ1) is 20.8. The molecular formula is C22H25N3O6. The molecule has 2 N–H and O–H groups in total. The summed E-state index contributed by atoms with van der Waals surface area (Å²) in [6.07, 6.45) is 5.09. The molecule has 1 heterocycles. The van der Waals surface area contributed by atoms with Gasteiger partial charge in [-0.3, -0.25) is 14.9 Å². The van der Waals surface area contributed by atoms with Crippen molar-refractivity contribution in [3.8, 4) is 17.2 Å². The van der Waals surface area contributed by atoms with Gasteiger partial charge in [-0.1, -0.05) is 6.42 Å². The van der Waals surface area contributed by atoms with E-state index in [4.69, 9.17) is 14.2 Å². The van der Waals surface area contributed by atoms with Crippen LogP contribution in [0.25, 0.3) is 0 Å². The molecule has 1 aliphatic heterocycles. The molecule has 0 unspecified atom stereocenters. The van der Waals surface area contributed by atoms with Gasteiger partial charge in [0.15, 0.2) is 11.5 Å². The number of hydrogen-bond acceptors (Lipinski definition) is 7. The van der Waals surface area contributed by atoms with E-state index in [0.717, 1.165) is 25.7 Å². The Hall–Kier alpha value is -3.49. The fraction of sp³-hybridized carbons (Fsp3) is 0.409. The summed E-state index contributed by atoms with van der Waals surface area (Å²) in [6.45, 7) is 1.70. The van der Waals surface area contributed by atoms with Crippen molar-refractivity contribution in [2.24, 2.45) is 0 Å². The zero-order valence-corrected chi connectivity index (χ0v) is 17.5. The molecular weight excluding hydrogens is 402 g/mol. The van der Waals surface area contributed by atoms with E-state index in [0.29, 0.717) is 22.9 Å². The van der Waals surface area contributed by atoms with Crippen LogP contribution in [-0.2, 0) is 4.79 Å². The number of nitrogens with zero attached hydrogens (tertiary/aromatic N) is 1. The minimum Gasteiger partial charge on any atom is -0.495 e. The predicted molar refractivity (Wildman–Crippen MR) is 115 cm³/mol. The number of nitro groups is 1. The molecule has 0 radical (unpaired) electrons. The lowest BCUT2D eigenvalue weighted by Gasteiger charge is -2.31. The summed E-state index contributed by atoms with van der Waals surface area (Å²) in [7, 11) is 1.43. The van der Waals surface area contributed by atoms with Crippen molar-refractivity contribution in [1.29, 1.82) is 0 Å². The number of methoxy groups -OCH3 is 1.